The molecule has 0 radical (unpaired) electrons. The lowest BCUT2D eigenvalue weighted by Gasteiger charge is -2.08. The van der Waals surface area contributed by atoms with Crippen LogP contribution in [0.1, 0.15) is 27.0 Å². The Morgan fingerprint density at radius 3 is 2.31 bits per heavy atom. The molecule has 1 amide bonds. The first-order valence-electron chi connectivity index (χ1n) is 10.3. The molecule has 0 aromatic heterocycles. The summed E-state index contributed by atoms with van der Waals surface area (Å²) in [5.74, 6) is -0.473. The van der Waals surface area contributed by atoms with Gasteiger partial charge < -0.3 is 25.8 Å². The summed E-state index contributed by atoms with van der Waals surface area (Å²) in [4.78, 5) is 38.6. The van der Waals surface area contributed by atoms with Crippen LogP contribution in [0, 0.1) is 17.0 Å². The number of nitrogens with two attached hydrogens (primary N) is 2. The second-order valence-corrected chi connectivity index (χ2v) is 7.33. The van der Waals surface area contributed by atoms with E-state index in [-0.39, 0.29) is 30.3 Å². The fourth-order valence-corrected chi connectivity index (χ4v) is 2.95. The zero-order chi connectivity index (χ0) is 25.4. The number of nitrogens with zero attached hydrogens (tertiary/aromatic N) is 2. The molecule has 35 heavy (non-hydrogen) atoms. The number of ether oxygens (including phenoxy) is 2. The maximum atomic E-state index is 12.4. The fourth-order valence-electron chi connectivity index (χ4n) is 2.95. The summed E-state index contributed by atoms with van der Waals surface area (Å²) in [5.41, 5.74) is 12.8. The molecule has 0 bridgehead atoms. The first kappa shape index (κ1) is 24.7. The lowest BCUT2D eigenvalue weighted by atomic mass is 10.1. The van der Waals surface area contributed by atoms with Crippen LogP contribution in [0.4, 0.5) is 5.69 Å². The predicted molar refractivity (Wildman–Crippen MR) is 126 cm³/mol. The van der Waals surface area contributed by atoms with E-state index < -0.39 is 16.8 Å². The van der Waals surface area contributed by atoms with Gasteiger partial charge in [-0.3, -0.25) is 14.9 Å². The smallest absolute Gasteiger partial charge is 0.365 e. The number of amides is 1. The molecule has 4 N–H and O–H groups in total. The van der Waals surface area contributed by atoms with Gasteiger partial charge in [-0.05, 0) is 61.0 Å². The maximum absolute atomic E-state index is 12.4. The van der Waals surface area contributed by atoms with Crippen molar-refractivity contribution in [3.63, 3.8) is 0 Å². The van der Waals surface area contributed by atoms with Crippen molar-refractivity contribution >= 4 is 23.4 Å². The van der Waals surface area contributed by atoms with Gasteiger partial charge in [0.2, 0.25) is 0 Å². The Hall–Kier alpha value is -4.93. The molecule has 3 aromatic carbocycles. The van der Waals surface area contributed by atoms with E-state index >= 15 is 0 Å². The van der Waals surface area contributed by atoms with Gasteiger partial charge in [-0.2, -0.15) is 0 Å². The first-order valence-corrected chi connectivity index (χ1v) is 10.3. The van der Waals surface area contributed by atoms with Crippen molar-refractivity contribution < 1.29 is 28.8 Å². The quantitative estimate of drug-likeness (QED) is 0.147. The molecule has 0 aliphatic heterocycles. The van der Waals surface area contributed by atoms with Crippen LogP contribution >= 0.6 is 0 Å². The fraction of sp³-hybridized carbons (Fsp3) is 0.125. The summed E-state index contributed by atoms with van der Waals surface area (Å²) >= 11 is 0. The van der Waals surface area contributed by atoms with E-state index in [1.807, 2.05) is 0 Å². The number of oxime groups is 1. The third kappa shape index (κ3) is 7.02. The van der Waals surface area contributed by atoms with Crippen molar-refractivity contribution in [1.29, 1.82) is 0 Å². The Balaban J connectivity index is 1.59. The monoisotopic (exact) mass is 478 g/mol. The van der Waals surface area contributed by atoms with Crippen LogP contribution in [-0.2, 0) is 16.2 Å². The number of nitro benzene ring substituents is 1. The highest BCUT2D eigenvalue weighted by Crippen LogP contribution is 2.24. The average Bonchev–Trinajstić information content (AvgIpc) is 2.84. The van der Waals surface area contributed by atoms with E-state index in [0.717, 1.165) is 0 Å². The lowest BCUT2D eigenvalue weighted by molar-refractivity contribution is -0.385. The second-order valence-electron chi connectivity index (χ2n) is 7.33. The normalized spacial score (nSPS) is 10.9. The SMILES string of the molecule is Cc1cc(OCc2cccc(C(=O)O/N=C(\N)c3ccc(OCC(N)=O)cc3)c2)ccc1[N+](=O)[O-]. The first-order chi connectivity index (χ1) is 16.7. The van der Waals surface area contributed by atoms with Gasteiger partial charge in [0, 0.05) is 17.2 Å². The zero-order valence-corrected chi connectivity index (χ0v) is 18.7. The zero-order valence-electron chi connectivity index (χ0n) is 18.7. The Morgan fingerprint density at radius 2 is 1.66 bits per heavy atom. The highest BCUT2D eigenvalue weighted by molar-refractivity contribution is 5.98. The van der Waals surface area contributed by atoms with Crippen LogP contribution in [0.2, 0.25) is 0 Å². The summed E-state index contributed by atoms with van der Waals surface area (Å²) in [6.07, 6.45) is 0. The summed E-state index contributed by atoms with van der Waals surface area (Å²) in [6, 6.07) is 17.3. The maximum Gasteiger partial charge on any atom is 0.365 e. The van der Waals surface area contributed by atoms with Gasteiger partial charge in [0.25, 0.3) is 11.6 Å². The van der Waals surface area contributed by atoms with E-state index in [9.17, 15) is 19.7 Å². The van der Waals surface area contributed by atoms with E-state index in [0.29, 0.717) is 28.2 Å². The van der Waals surface area contributed by atoms with Crippen LogP contribution in [-0.4, -0.2) is 29.2 Å². The lowest BCUT2D eigenvalue weighted by Crippen LogP contribution is -2.20. The van der Waals surface area contributed by atoms with Crippen LogP contribution < -0.4 is 20.9 Å². The largest absolute Gasteiger partial charge is 0.489 e. The number of primary amides is 1. The van der Waals surface area contributed by atoms with Gasteiger partial charge in [-0.15, -0.1) is 0 Å². The molecule has 0 heterocycles. The Bertz CT molecular complexity index is 1270. The van der Waals surface area contributed by atoms with Crippen LogP contribution in [0.25, 0.3) is 0 Å². The molecule has 0 spiro atoms. The number of carbonyl (C=O) groups is 2. The molecule has 0 aliphatic carbocycles. The molecular formula is C24H22N4O7. The number of benzene rings is 3. The molecule has 0 aliphatic rings. The summed E-state index contributed by atoms with van der Waals surface area (Å²) < 4.78 is 10.8. The Morgan fingerprint density at radius 1 is 0.943 bits per heavy atom. The van der Waals surface area contributed by atoms with E-state index in [1.54, 1.807) is 61.5 Å². The number of nitro groups is 1. The van der Waals surface area contributed by atoms with E-state index in [4.69, 9.17) is 25.8 Å². The highest BCUT2D eigenvalue weighted by atomic mass is 16.7. The minimum Gasteiger partial charge on any atom is -0.489 e. The van der Waals surface area contributed by atoms with Crippen LogP contribution in [0.3, 0.4) is 0 Å². The highest BCUT2D eigenvalue weighted by Gasteiger charge is 2.12. The molecule has 0 atom stereocenters. The predicted octanol–water partition coefficient (Wildman–Crippen LogP) is 2.82. The molecule has 3 rings (SSSR count). The Labute approximate surface area is 200 Å². The van der Waals surface area contributed by atoms with Crippen LogP contribution in [0.5, 0.6) is 11.5 Å². The number of carbonyl (C=O) groups excluding carboxylic acids is 2. The molecule has 0 saturated heterocycles. The van der Waals surface area contributed by atoms with Crippen molar-refractivity contribution in [1.82, 2.24) is 0 Å². The number of amidine groups is 1. The molecule has 0 unspecified atom stereocenters. The number of hydrogen-bond acceptors (Lipinski definition) is 8. The second kappa shape index (κ2) is 11.3. The summed E-state index contributed by atoms with van der Waals surface area (Å²) in [7, 11) is 0. The van der Waals surface area contributed by atoms with Crippen molar-refractivity contribution in [2.75, 3.05) is 6.61 Å². The minimum atomic E-state index is -0.720. The van der Waals surface area contributed by atoms with Gasteiger partial charge in [-0.25, -0.2) is 4.79 Å². The molecule has 11 heteroatoms. The van der Waals surface area contributed by atoms with Crippen molar-refractivity contribution in [2.24, 2.45) is 16.6 Å². The van der Waals surface area contributed by atoms with Crippen LogP contribution in [0.15, 0.2) is 71.9 Å². The molecular weight excluding hydrogens is 456 g/mol. The summed E-state index contributed by atoms with van der Waals surface area (Å²) in [6.45, 7) is 1.51. The number of aryl methyl sites for hydroxylation is 1. The van der Waals surface area contributed by atoms with Crippen molar-refractivity contribution in [2.45, 2.75) is 13.5 Å². The van der Waals surface area contributed by atoms with Gasteiger partial charge in [0.15, 0.2) is 12.4 Å². The molecule has 0 saturated carbocycles. The third-order valence-electron chi connectivity index (χ3n) is 4.69. The third-order valence-corrected chi connectivity index (χ3v) is 4.69. The molecule has 11 nitrogen and oxygen atoms in total. The Kier molecular flexibility index (Phi) is 7.96. The molecule has 0 fully saturated rings. The average molecular weight is 478 g/mol. The van der Waals surface area contributed by atoms with E-state index in [1.165, 1.54) is 12.1 Å². The molecule has 180 valence electrons. The minimum absolute atomic E-state index is 0.00859. The van der Waals surface area contributed by atoms with Gasteiger partial charge in [-0.1, -0.05) is 17.3 Å². The van der Waals surface area contributed by atoms with Gasteiger partial charge >= 0.3 is 5.97 Å². The summed E-state index contributed by atoms with van der Waals surface area (Å²) in [5, 5.41) is 14.6. The van der Waals surface area contributed by atoms with Crippen molar-refractivity contribution in [3.05, 3.63) is 99.1 Å². The van der Waals surface area contributed by atoms with Gasteiger partial charge in [0.1, 0.15) is 18.1 Å². The topological polar surface area (TPSA) is 169 Å². The van der Waals surface area contributed by atoms with Crippen molar-refractivity contribution in [3.8, 4) is 11.5 Å². The van der Waals surface area contributed by atoms with E-state index in [2.05, 4.69) is 5.16 Å². The molecule has 3 aromatic rings. The number of hydrogen-bond donors (Lipinski definition) is 2. The number of rotatable bonds is 10. The van der Waals surface area contributed by atoms with Gasteiger partial charge in [0.05, 0.1) is 10.5 Å². The standard InChI is InChI=1S/C24H22N4O7/c1-15-11-20(9-10-21(15)28(31)32)33-13-16-3-2-4-18(12-16)24(30)35-27-23(26)17-5-7-19(8-6-17)34-14-22(25)29/h2-12H,13-14H2,1H3,(H2,25,29)(H2,26,27).